The maximum atomic E-state index is 11.6. The fourth-order valence-electron chi connectivity index (χ4n) is 5.32. The second kappa shape index (κ2) is 6.00. The summed E-state index contributed by atoms with van der Waals surface area (Å²) in [4.78, 5) is 13.1. The van der Waals surface area contributed by atoms with E-state index in [0.29, 0.717) is 24.0 Å². The molecule has 22 heavy (non-hydrogen) atoms. The zero-order valence-electron chi connectivity index (χ0n) is 13.3. The van der Waals surface area contributed by atoms with E-state index >= 15 is 0 Å². The Morgan fingerprint density at radius 3 is 1.68 bits per heavy atom. The normalized spacial score (nSPS) is 42.2. The number of fused-ring (bicyclic) bond motifs is 4. The van der Waals surface area contributed by atoms with E-state index in [4.69, 9.17) is 15.2 Å². The average Bonchev–Trinajstić information content (AvgIpc) is 3.27. The van der Waals surface area contributed by atoms with Gasteiger partial charge in [0.05, 0.1) is 12.2 Å². The van der Waals surface area contributed by atoms with Crippen LogP contribution < -0.4 is 5.73 Å². The molecule has 0 spiro atoms. The van der Waals surface area contributed by atoms with Crippen LogP contribution in [0.5, 0.6) is 0 Å². The molecule has 0 heterocycles. The highest BCUT2D eigenvalue weighted by molar-refractivity contribution is 5.71. The van der Waals surface area contributed by atoms with E-state index in [1.165, 1.54) is 43.4 Å². The van der Waals surface area contributed by atoms with Crippen molar-refractivity contribution in [3.8, 4) is 0 Å². The molecule has 5 heteroatoms. The van der Waals surface area contributed by atoms with Crippen LogP contribution in [-0.2, 0) is 9.47 Å². The van der Waals surface area contributed by atoms with E-state index in [-0.39, 0.29) is 13.5 Å². The molecule has 0 aromatic heterocycles. The van der Waals surface area contributed by atoms with Gasteiger partial charge < -0.3 is 15.2 Å². The molecule has 2 amide bonds. The minimum Gasteiger partial charge on any atom is -0.357 e. The van der Waals surface area contributed by atoms with Crippen LogP contribution in [0.4, 0.5) is 4.79 Å². The quantitative estimate of drug-likeness (QED) is 0.767. The highest BCUT2D eigenvalue weighted by atomic mass is 16.5. The van der Waals surface area contributed by atoms with E-state index in [2.05, 4.69) is 0 Å². The molecular formula is C17H28N2O3. The van der Waals surface area contributed by atoms with Crippen molar-refractivity contribution in [2.24, 2.45) is 29.4 Å². The summed E-state index contributed by atoms with van der Waals surface area (Å²) in [6.45, 7) is 0.564. The number of ether oxygens (including phenoxy) is 2. The van der Waals surface area contributed by atoms with E-state index in [1.807, 2.05) is 0 Å². The number of hydrogen-bond acceptors (Lipinski definition) is 3. The topological polar surface area (TPSA) is 64.8 Å². The molecule has 0 aromatic rings. The lowest BCUT2D eigenvalue weighted by atomic mass is 9.98. The first-order valence-electron chi connectivity index (χ1n) is 8.96. The molecule has 4 fully saturated rings. The van der Waals surface area contributed by atoms with Crippen molar-refractivity contribution in [1.82, 2.24) is 4.90 Å². The summed E-state index contributed by atoms with van der Waals surface area (Å²) in [5.41, 5.74) is 5.49. The smallest absolute Gasteiger partial charge is 0.318 e. The van der Waals surface area contributed by atoms with Crippen molar-refractivity contribution in [3.05, 3.63) is 0 Å². The third-order valence-electron chi connectivity index (χ3n) is 6.55. The second-order valence-electron chi connectivity index (χ2n) is 7.90. The van der Waals surface area contributed by atoms with Crippen LogP contribution >= 0.6 is 0 Å². The molecule has 6 atom stereocenters. The van der Waals surface area contributed by atoms with Gasteiger partial charge in [0.15, 0.2) is 0 Å². The van der Waals surface area contributed by atoms with Gasteiger partial charge in [-0.25, -0.2) is 4.79 Å². The Hall–Kier alpha value is -0.810. The largest absolute Gasteiger partial charge is 0.357 e. The van der Waals surface area contributed by atoms with Gasteiger partial charge in [-0.2, -0.15) is 0 Å². The van der Waals surface area contributed by atoms with E-state index in [0.717, 1.165) is 24.7 Å². The zero-order valence-corrected chi connectivity index (χ0v) is 13.3. The SMILES string of the molecule is NC(=O)N(COC1CC2CCC1C2)COC1CC2CCC1C2. The molecule has 124 valence electrons. The number of carbonyl (C=O) groups excluding carboxylic acids is 1. The third-order valence-corrected chi connectivity index (χ3v) is 6.55. The van der Waals surface area contributed by atoms with Gasteiger partial charge in [0.2, 0.25) is 0 Å². The van der Waals surface area contributed by atoms with Crippen molar-refractivity contribution in [2.75, 3.05) is 13.5 Å². The Bertz CT molecular complexity index is 398. The first-order chi connectivity index (χ1) is 10.7. The highest BCUT2D eigenvalue weighted by Crippen LogP contribution is 2.46. The maximum Gasteiger partial charge on any atom is 0.318 e. The fourth-order valence-corrected chi connectivity index (χ4v) is 5.32. The molecule has 4 bridgehead atoms. The number of nitrogens with two attached hydrogens (primary N) is 1. The molecule has 6 unspecified atom stereocenters. The van der Waals surface area contributed by atoms with Crippen molar-refractivity contribution in [1.29, 1.82) is 0 Å². The van der Waals surface area contributed by atoms with Crippen LogP contribution in [0, 0.1) is 23.7 Å². The molecule has 0 aromatic carbocycles. The second-order valence-corrected chi connectivity index (χ2v) is 7.90. The first kappa shape index (κ1) is 14.8. The third kappa shape index (κ3) is 2.85. The average molecular weight is 308 g/mol. The monoisotopic (exact) mass is 308 g/mol. The van der Waals surface area contributed by atoms with Gasteiger partial charge in [-0.3, -0.25) is 4.90 Å². The van der Waals surface area contributed by atoms with Gasteiger partial charge in [0.25, 0.3) is 0 Å². The summed E-state index contributed by atoms with van der Waals surface area (Å²) < 4.78 is 12.0. The minimum absolute atomic E-state index is 0.282. The number of amides is 2. The van der Waals surface area contributed by atoms with Crippen LogP contribution in [-0.4, -0.2) is 36.6 Å². The first-order valence-corrected chi connectivity index (χ1v) is 8.96. The van der Waals surface area contributed by atoms with Gasteiger partial charge in [-0.15, -0.1) is 0 Å². The Balaban J connectivity index is 1.23. The number of primary amides is 1. The van der Waals surface area contributed by atoms with E-state index in [1.54, 1.807) is 0 Å². The molecule has 0 saturated heterocycles. The van der Waals surface area contributed by atoms with Gasteiger partial charge in [-0.05, 0) is 75.0 Å². The summed E-state index contributed by atoms with van der Waals surface area (Å²) in [5.74, 6) is 3.10. The molecule has 2 N–H and O–H groups in total. The maximum absolute atomic E-state index is 11.6. The predicted molar refractivity (Wildman–Crippen MR) is 81.8 cm³/mol. The minimum atomic E-state index is -0.439. The summed E-state index contributed by atoms with van der Waals surface area (Å²) >= 11 is 0. The number of rotatable bonds is 6. The lowest BCUT2D eigenvalue weighted by molar-refractivity contribution is -0.0871. The summed E-state index contributed by atoms with van der Waals surface area (Å²) in [5, 5.41) is 0. The Morgan fingerprint density at radius 1 is 0.864 bits per heavy atom. The van der Waals surface area contributed by atoms with Crippen LogP contribution in [0.3, 0.4) is 0 Å². The number of carbonyl (C=O) groups is 1. The Morgan fingerprint density at radius 2 is 1.36 bits per heavy atom. The molecule has 5 nitrogen and oxygen atoms in total. The van der Waals surface area contributed by atoms with Crippen LogP contribution in [0.15, 0.2) is 0 Å². The highest BCUT2D eigenvalue weighted by Gasteiger charge is 2.41. The zero-order chi connectivity index (χ0) is 15.1. The van der Waals surface area contributed by atoms with Crippen LogP contribution in [0.1, 0.15) is 51.4 Å². The van der Waals surface area contributed by atoms with Crippen molar-refractivity contribution in [2.45, 2.75) is 63.6 Å². The summed E-state index contributed by atoms with van der Waals surface area (Å²) in [6, 6.07) is -0.439. The predicted octanol–water partition coefficient (Wildman–Crippen LogP) is 2.69. The molecule has 4 saturated carbocycles. The summed E-state index contributed by atoms with van der Waals surface area (Å²) in [6.07, 6.45) is 10.9. The van der Waals surface area contributed by atoms with E-state index < -0.39 is 6.03 Å². The lowest BCUT2D eigenvalue weighted by Gasteiger charge is -2.29. The Kier molecular flexibility index (Phi) is 4.03. The van der Waals surface area contributed by atoms with Crippen molar-refractivity contribution >= 4 is 6.03 Å². The van der Waals surface area contributed by atoms with Crippen molar-refractivity contribution < 1.29 is 14.3 Å². The molecule has 4 aliphatic rings. The van der Waals surface area contributed by atoms with Gasteiger partial charge in [-0.1, -0.05) is 0 Å². The number of hydrogen-bond donors (Lipinski definition) is 1. The lowest BCUT2D eigenvalue weighted by Crippen LogP contribution is -2.42. The van der Waals surface area contributed by atoms with Crippen LogP contribution in [0.2, 0.25) is 0 Å². The van der Waals surface area contributed by atoms with E-state index in [9.17, 15) is 4.79 Å². The molecular weight excluding hydrogens is 280 g/mol. The van der Waals surface area contributed by atoms with Gasteiger partial charge in [0.1, 0.15) is 13.5 Å². The van der Waals surface area contributed by atoms with Gasteiger partial charge in [0, 0.05) is 0 Å². The molecule has 0 radical (unpaired) electrons. The van der Waals surface area contributed by atoms with Crippen molar-refractivity contribution in [3.63, 3.8) is 0 Å². The molecule has 4 aliphatic carbocycles. The standard InChI is InChI=1S/C17H28N2O3/c18-17(20)19(9-21-15-7-11-1-3-13(15)5-11)10-22-16-8-12-2-4-14(16)6-12/h11-16H,1-10H2,(H2,18,20). The fraction of sp³-hybridized carbons (Fsp3) is 0.941. The van der Waals surface area contributed by atoms with Crippen LogP contribution in [0.25, 0.3) is 0 Å². The molecule has 4 rings (SSSR count). The summed E-state index contributed by atoms with van der Waals surface area (Å²) in [7, 11) is 0. The number of nitrogens with zero attached hydrogens (tertiary/aromatic N) is 1. The molecule has 0 aliphatic heterocycles. The van der Waals surface area contributed by atoms with Gasteiger partial charge >= 0.3 is 6.03 Å². The number of urea groups is 1. The Labute approximate surface area is 132 Å².